The average Bonchev–Trinajstić information content (AvgIpc) is 3.03. The van der Waals surface area contributed by atoms with Gasteiger partial charge in [-0.15, -0.1) is 0 Å². The number of methoxy groups -OCH3 is 1. The molecule has 0 spiro atoms. The van der Waals surface area contributed by atoms with Gasteiger partial charge < -0.3 is 9.30 Å². The predicted molar refractivity (Wildman–Crippen MR) is 101 cm³/mol. The van der Waals surface area contributed by atoms with Crippen LogP contribution in [-0.2, 0) is 22.3 Å². The van der Waals surface area contributed by atoms with E-state index >= 15 is 0 Å². The molecule has 29 heavy (non-hydrogen) atoms. The van der Waals surface area contributed by atoms with Gasteiger partial charge in [0, 0.05) is 35.1 Å². The molecule has 1 atom stereocenters. The van der Waals surface area contributed by atoms with Crippen LogP contribution in [-0.4, -0.2) is 23.4 Å². The maximum absolute atomic E-state index is 13.1. The van der Waals surface area contributed by atoms with E-state index in [1.165, 1.54) is 13.2 Å². The fraction of sp³-hybridized carbons (Fsp3) is 0.273. The summed E-state index contributed by atoms with van der Waals surface area (Å²) in [5, 5.41) is 0.702. The van der Waals surface area contributed by atoms with Crippen molar-refractivity contribution in [2.24, 2.45) is 0 Å². The van der Waals surface area contributed by atoms with Crippen molar-refractivity contribution >= 4 is 22.7 Å². The lowest BCUT2D eigenvalue weighted by Crippen LogP contribution is -2.25. The van der Waals surface area contributed by atoms with E-state index in [1.807, 2.05) is 6.07 Å². The van der Waals surface area contributed by atoms with Crippen molar-refractivity contribution in [2.45, 2.75) is 31.5 Å². The van der Waals surface area contributed by atoms with Crippen LogP contribution in [0.2, 0.25) is 0 Å². The molecule has 1 unspecified atom stereocenters. The molecular formula is C22H18F3NO3. The van der Waals surface area contributed by atoms with Crippen molar-refractivity contribution in [1.29, 1.82) is 0 Å². The highest BCUT2D eigenvalue weighted by Crippen LogP contribution is 2.40. The van der Waals surface area contributed by atoms with Gasteiger partial charge in [-0.1, -0.05) is 30.3 Å². The largest absolute Gasteiger partial charge is 0.469 e. The lowest BCUT2D eigenvalue weighted by atomic mass is 9.85. The molecule has 0 radical (unpaired) electrons. The Labute approximate surface area is 164 Å². The van der Waals surface area contributed by atoms with E-state index < -0.39 is 23.6 Å². The number of alkyl halides is 3. The first-order chi connectivity index (χ1) is 13.8. The fourth-order valence-corrected chi connectivity index (χ4v) is 4.09. The number of rotatable bonds is 3. The van der Waals surface area contributed by atoms with Crippen molar-refractivity contribution in [3.8, 4) is 0 Å². The number of aromatic nitrogens is 1. The number of esters is 1. The molecule has 1 heterocycles. The summed E-state index contributed by atoms with van der Waals surface area (Å²) in [4.78, 5) is 25.1. The van der Waals surface area contributed by atoms with Crippen LogP contribution in [0, 0.1) is 0 Å². The zero-order valence-corrected chi connectivity index (χ0v) is 15.6. The minimum Gasteiger partial charge on any atom is -0.469 e. The van der Waals surface area contributed by atoms with Crippen molar-refractivity contribution in [3.05, 3.63) is 70.9 Å². The molecule has 4 rings (SSSR count). The van der Waals surface area contributed by atoms with Gasteiger partial charge >= 0.3 is 12.1 Å². The zero-order chi connectivity index (χ0) is 20.8. The van der Waals surface area contributed by atoms with Gasteiger partial charge in [-0.3, -0.25) is 9.59 Å². The number of fused-ring (bicyclic) bond motifs is 3. The van der Waals surface area contributed by atoms with Gasteiger partial charge in [0.2, 0.25) is 0 Å². The number of ketones is 1. The van der Waals surface area contributed by atoms with E-state index in [0.29, 0.717) is 34.1 Å². The molecule has 0 amide bonds. The standard InChI is InChI=1S/C22H18F3NO3/c1-29-21(28)16-9-10-18(27)19-15-7-2-3-8-17(15)26(20(16)19)12-13-5-4-6-14(11-13)22(23,24)25/h2-8,11,16H,9-10,12H2,1H3. The van der Waals surface area contributed by atoms with Crippen LogP contribution >= 0.6 is 0 Å². The van der Waals surface area contributed by atoms with Crippen molar-refractivity contribution in [3.63, 3.8) is 0 Å². The van der Waals surface area contributed by atoms with Crippen LogP contribution < -0.4 is 0 Å². The first-order valence-electron chi connectivity index (χ1n) is 9.19. The van der Waals surface area contributed by atoms with Crippen LogP contribution in [0.3, 0.4) is 0 Å². The molecule has 0 saturated carbocycles. The van der Waals surface area contributed by atoms with Gasteiger partial charge in [0.25, 0.3) is 0 Å². The number of carbonyl (C=O) groups excluding carboxylic acids is 2. The number of hydrogen-bond donors (Lipinski definition) is 0. The summed E-state index contributed by atoms with van der Waals surface area (Å²) in [5.41, 5.74) is 1.39. The summed E-state index contributed by atoms with van der Waals surface area (Å²) in [6.45, 7) is 0.112. The number of hydrogen-bond acceptors (Lipinski definition) is 3. The Bertz CT molecular complexity index is 1110. The Kier molecular flexibility index (Phi) is 4.68. The molecule has 1 aromatic heterocycles. The highest BCUT2D eigenvalue weighted by molar-refractivity contribution is 6.11. The maximum atomic E-state index is 13.1. The van der Waals surface area contributed by atoms with Gasteiger partial charge in [-0.25, -0.2) is 0 Å². The second-order valence-electron chi connectivity index (χ2n) is 7.10. The number of nitrogens with zero attached hydrogens (tertiary/aromatic N) is 1. The van der Waals surface area contributed by atoms with Crippen LogP contribution in [0.15, 0.2) is 48.5 Å². The quantitative estimate of drug-likeness (QED) is 0.584. The van der Waals surface area contributed by atoms with Gasteiger partial charge in [0.1, 0.15) is 0 Å². The van der Waals surface area contributed by atoms with E-state index in [0.717, 1.165) is 12.1 Å². The molecular weight excluding hydrogens is 383 g/mol. The first-order valence-corrected chi connectivity index (χ1v) is 9.19. The van der Waals surface area contributed by atoms with E-state index in [-0.39, 0.29) is 18.7 Å². The van der Waals surface area contributed by atoms with E-state index in [4.69, 9.17) is 4.74 Å². The lowest BCUT2D eigenvalue weighted by Gasteiger charge is -2.23. The highest BCUT2D eigenvalue weighted by atomic mass is 19.4. The van der Waals surface area contributed by atoms with E-state index in [2.05, 4.69) is 0 Å². The predicted octanol–water partition coefficient (Wildman–Crippen LogP) is 4.94. The number of ether oxygens (including phenoxy) is 1. The summed E-state index contributed by atoms with van der Waals surface area (Å²) < 4.78 is 46.1. The molecule has 0 saturated heterocycles. The summed E-state index contributed by atoms with van der Waals surface area (Å²) >= 11 is 0. The molecule has 2 aromatic carbocycles. The minimum atomic E-state index is -4.45. The fourth-order valence-electron chi connectivity index (χ4n) is 4.09. The normalized spacial score (nSPS) is 16.7. The second-order valence-corrected chi connectivity index (χ2v) is 7.10. The summed E-state index contributed by atoms with van der Waals surface area (Å²) in [6, 6.07) is 12.3. The minimum absolute atomic E-state index is 0.0702. The van der Waals surface area contributed by atoms with Crippen molar-refractivity contribution < 1.29 is 27.5 Å². The molecule has 1 aliphatic rings. The number of benzene rings is 2. The Balaban J connectivity index is 1.91. The highest BCUT2D eigenvalue weighted by Gasteiger charge is 2.37. The van der Waals surface area contributed by atoms with Crippen LogP contribution in [0.4, 0.5) is 13.2 Å². The zero-order valence-electron chi connectivity index (χ0n) is 15.6. The number of Topliss-reactive ketones (excluding diaryl/α,β-unsaturated/α-hetero) is 1. The summed E-state index contributed by atoms with van der Waals surface area (Å²) in [5.74, 6) is -1.16. The van der Waals surface area contributed by atoms with Crippen LogP contribution in [0.5, 0.6) is 0 Å². The molecule has 0 N–H and O–H groups in total. The van der Waals surface area contributed by atoms with E-state index in [9.17, 15) is 22.8 Å². The third kappa shape index (κ3) is 3.30. The van der Waals surface area contributed by atoms with Crippen molar-refractivity contribution in [2.75, 3.05) is 7.11 Å². The molecule has 0 bridgehead atoms. The maximum Gasteiger partial charge on any atom is 0.416 e. The SMILES string of the molecule is COC(=O)C1CCC(=O)c2c1n(Cc1cccc(C(F)(F)F)c1)c1ccccc21. The average molecular weight is 401 g/mol. The second kappa shape index (κ2) is 7.06. The molecule has 0 aliphatic heterocycles. The summed E-state index contributed by atoms with van der Waals surface area (Å²) in [7, 11) is 1.29. The molecule has 7 heteroatoms. The van der Waals surface area contributed by atoms with Crippen molar-refractivity contribution in [1.82, 2.24) is 4.57 Å². The van der Waals surface area contributed by atoms with Gasteiger partial charge in [-0.2, -0.15) is 13.2 Å². The third-order valence-corrected chi connectivity index (χ3v) is 5.36. The Hall–Kier alpha value is -3.09. The van der Waals surface area contributed by atoms with Gasteiger partial charge in [0.05, 0.1) is 18.6 Å². The number of para-hydroxylation sites is 1. The van der Waals surface area contributed by atoms with E-state index in [1.54, 1.807) is 28.8 Å². The van der Waals surface area contributed by atoms with Gasteiger partial charge in [-0.05, 0) is 30.2 Å². The molecule has 1 aliphatic carbocycles. The monoisotopic (exact) mass is 401 g/mol. The topological polar surface area (TPSA) is 48.3 Å². The Morgan fingerprint density at radius 2 is 1.93 bits per heavy atom. The summed E-state index contributed by atoms with van der Waals surface area (Å²) in [6.07, 6.45) is -3.90. The molecule has 0 fully saturated rings. The Morgan fingerprint density at radius 3 is 2.66 bits per heavy atom. The number of halogens is 3. The first kappa shape index (κ1) is 19.2. The van der Waals surface area contributed by atoms with Crippen LogP contribution in [0.25, 0.3) is 10.9 Å². The van der Waals surface area contributed by atoms with Crippen LogP contribution in [0.1, 0.15) is 45.9 Å². The Morgan fingerprint density at radius 1 is 1.17 bits per heavy atom. The molecule has 150 valence electrons. The van der Waals surface area contributed by atoms with Gasteiger partial charge in [0.15, 0.2) is 5.78 Å². The third-order valence-electron chi connectivity index (χ3n) is 5.36. The molecule has 4 nitrogen and oxygen atoms in total. The number of carbonyl (C=O) groups is 2. The smallest absolute Gasteiger partial charge is 0.416 e. The molecule has 3 aromatic rings. The lowest BCUT2D eigenvalue weighted by molar-refractivity contribution is -0.142.